The van der Waals surface area contributed by atoms with Crippen LogP contribution in [-0.2, 0) is 14.0 Å². The fourth-order valence-corrected chi connectivity index (χ4v) is 1.61. The number of ether oxygens (including phenoxy) is 2. The van der Waals surface area contributed by atoms with E-state index in [9.17, 15) is 4.57 Å². The Hall–Kier alpha value is -0.190. The molecule has 0 saturated carbocycles. The van der Waals surface area contributed by atoms with Crippen molar-refractivity contribution in [3.8, 4) is 0 Å². The lowest BCUT2D eigenvalue weighted by molar-refractivity contribution is 0.0426. The lowest BCUT2D eigenvalue weighted by Crippen LogP contribution is -2.20. The highest BCUT2D eigenvalue weighted by Gasteiger charge is 2.26. The van der Waals surface area contributed by atoms with E-state index in [2.05, 4.69) is 0 Å². The van der Waals surface area contributed by atoms with E-state index in [0.717, 1.165) is 12.2 Å². The van der Waals surface area contributed by atoms with Gasteiger partial charge in [-0.3, -0.25) is 4.57 Å². The third-order valence-electron chi connectivity index (χ3n) is 1.85. The Balaban J connectivity index is 2.53. The van der Waals surface area contributed by atoms with Crippen LogP contribution >= 0.6 is 7.60 Å². The first-order valence-corrected chi connectivity index (χ1v) is 5.60. The zero-order valence-corrected chi connectivity index (χ0v) is 8.18. The van der Waals surface area contributed by atoms with Gasteiger partial charge in [-0.15, -0.1) is 0 Å². The molecule has 0 aromatic carbocycles. The van der Waals surface area contributed by atoms with E-state index in [4.69, 9.17) is 19.3 Å². The van der Waals surface area contributed by atoms with Crippen molar-refractivity contribution < 1.29 is 23.8 Å². The molecule has 1 aliphatic rings. The highest BCUT2D eigenvalue weighted by atomic mass is 31.2. The predicted octanol–water partition coefficient (Wildman–Crippen LogP) is 0.482. The van der Waals surface area contributed by atoms with Crippen molar-refractivity contribution in [3.63, 3.8) is 0 Å². The van der Waals surface area contributed by atoms with Gasteiger partial charge in [0.25, 0.3) is 0 Å². The maximum atomic E-state index is 10.5. The Morgan fingerprint density at radius 3 is 2.85 bits per heavy atom. The zero-order valence-electron chi connectivity index (χ0n) is 7.29. The van der Waals surface area contributed by atoms with E-state index in [-0.39, 0.29) is 12.2 Å². The predicted molar refractivity (Wildman–Crippen MR) is 46.3 cm³/mol. The monoisotopic (exact) mass is 208 g/mol. The average Bonchev–Trinajstić information content (AvgIpc) is 2.46. The summed E-state index contributed by atoms with van der Waals surface area (Å²) in [5.74, 6) is 0.856. The molecule has 5 nitrogen and oxygen atoms in total. The minimum atomic E-state index is -4.07. The number of hydrogen-bond donors (Lipinski definition) is 2. The first kappa shape index (κ1) is 10.9. The highest BCUT2D eigenvalue weighted by Crippen LogP contribution is 2.36. The number of methoxy groups -OCH3 is 1. The Bertz CT molecular complexity index is 233. The van der Waals surface area contributed by atoms with Gasteiger partial charge in [-0.2, -0.15) is 0 Å². The quantitative estimate of drug-likeness (QED) is 0.660. The molecule has 1 heterocycles. The summed E-state index contributed by atoms with van der Waals surface area (Å²) in [6, 6.07) is 0. The summed E-state index contributed by atoms with van der Waals surface area (Å²) in [6.07, 6.45) is 1.69. The SMILES string of the molecule is CO[C@@H]1CCOC1/C=C/P(=O)(O)O. The van der Waals surface area contributed by atoms with Crippen molar-refractivity contribution in [3.05, 3.63) is 11.9 Å². The van der Waals surface area contributed by atoms with Gasteiger partial charge in [0.15, 0.2) is 0 Å². The van der Waals surface area contributed by atoms with Crippen LogP contribution in [0.1, 0.15) is 6.42 Å². The van der Waals surface area contributed by atoms with E-state index in [1.807, 2.05) is 0 Å². The normalized spacial score (nSPS) is 30.1. The molecule has 0 spiro atoms. The molecule has 1 aliphatic heterocycles. The van der Waals surface area contributed by atoms with Crippen molar-refractivity contribution in [1.82, 2.24) is 0 Å². The number of hydrogen-bond acceptors (Lipinski definition) is 3. The van der Waals surface area contributed by atoms with E-state index in [1.54, 1.807) is 7.11 Å². The molecule has 1 rings (SSSR count). The summed E-state index contributed by atoms with van der Waals surface area (Å²) in [4.78, 5) is 17.1. The smallest absolute Gasteiger partial charge is 0.348 e. The van der Waals surface area contributed by atoms with Gasteiger partial charge in [0, 0.05) is 12.9 Å². The van der Waals surface area contributed by atoms with Crippen LogP contribution in [0.4, 0.5) is 0 Å². The van der Waals surface area contributed by atoms with Gasteiger partial charge in [-0.1, -0.05) is 0 Å². The van der Waals surface area contributed by atoms with Gasteiger partial charge in [0.2, 0.25) is 0 Å². The average molecular weight is 208 g/mol. The lowest BCUT2D eigenvalue weighted by Gasteiger charge is -2.12. The maximum absolute atomic E-state index is 10.5. The summed E-state index contributed by atoms with van der Waals surface area (Å²) in [7, 11) is -2.52. The first-order chi connectivity index (χ1) is 6.03. The largest absolute Gasteiger partial charge is 0.378 e. The molecule has 1 unspecified atom stereocenters. The highest BCUT2D eigenvalue weighted by molar-refractivity contribution is 7.55. The second-order valence-electron chi connectivity index (χ2n) is 2.83. The molecule has 1 fully saturated rings. The molecule has 76 valence electrons. The van der Waals surface area contributed by atoms with Crippen LogP contribution in [0.15, 0.2) is 11.9 Å². The molecule has 1 saturated heterocycles. The zero-order chi connectivity index (χ0) is 9.90. The fourth-order valence-electron chi connectivity index (χ4n) is 1.22. The van der Waals surface area contributed by atoms with Crippen molar-refractivity contribution in [2.75, 3.05) is 13.7 Å². The van der Waals surface area contributed by atoms with Crippen LogP contribution in [0.25, 0.3) is 0 Å². The van der Waals surface area contributed by atoms with E-state index >= 15 is 0 Å². The third kappa shape index (κ3) is 3.58. The molecule has 0 radical (unpaired) electrons. The summed E-state index contributed by atoms with van der Waals surface area (Å²) in [6.45, 7) is 0.564. The van der Waals surface area contributed by atoms with E-state index in [0.29, 0.717) is 6.61 Å². The van der Waals surface area contributed by atoms with Gasteiger partial charge in [-0.05, 0) is 12.5 Å². The van der Waals surface area contributed by atoms with Crippen LogP contribution in [0.2, 0.25) is 0 Å². The van der Waals surface area contributed by atoms with Gasteiger partial charge < -0.3 is 19.3 Å². The molecule has 13 heavy (non-hydrogen) atoms. The molecule has 0 aromatic rings. The van der Waals surface area contributed by atoms with E-state index in [1.165, 1.54) is 6.08 Å². The molecule has 2 N–H and O–H groups in total. The van der Waals surface area contributed by atoms with Crippen molar-refractivity contribution in [2.45, 2.75) is 18.6 Å². The van der Waals surface area contributed by atoms with Gasteiger partial charge >= 0.3 is 7.60 Å². The summed E-state index contributed by atoms with van der Waals surface area (Å²) < 4.78 is 20.8. The standard InChI is InChI=1S/C7H13O5P/c1-11-6-2-4-12-7(6)3-5-13(8,9)10/h3,5-7H,2,4H2,1H3,(H2,8,9,10)/b5-3+/t6-,7?/m1/s1. The van der Waals surface area contributed by atoms with Crippen molar-refractivity contribution in [1.29, 1.82) is 0 Å². The molecule has 0 aromatic heterocycles. The van der Waals surface area contributed by atoms with Crippen LogP contribution in [0, 0.1) is 0 Å². The van der Waals surface area contributed by atoms with Crippen LogP contribution in [0.5, 0.6) is 0 Å². The van der Waals surface area contributed by atoms with Crippen molar-refractivity contribution >= 4 is 7.60 Å². The van der Waals surface area contributed by atoms with E-state index < -0.39 is 7.60 Å². The Morgan fingerprint density at radius 2 is 2.31 bits per heavy atom. The topological polar surface area (TPSA) is 76.0 Å². The molecular weight excluding hydrogens is 195 g/mol. The molecule has 0 amide bonds. The fraction of sp³-hybridized carbons (Fsp3) is 0.714. The third-order valence-corrected chi connectivity index (χ3v) is 2.41. The lowest BCUT2D eigenvalue weighted by atomic mass is 10.2. The Labute approximate surface area is 76.5 Å². The van der Waals surface area contributed by atoms with Gasteiger partial charge in [0.1, 0.15) is 6.10 Å². The summed E-state index contributed by atoms with van der Waals surface area (Å²) >= 11 is 0. The van der Waals surface area contributed by atoms with Crippen LogP contribution in [-0.4, -0.2) is 35.7 Å². The molecular formula is C7H13O5P. The molecule has 2 atom stereocenters. The van der Waals surface area contributed by atoms with Crippen LogP contribution in [0.3, 0.4) is 0 Å². The van der Waals surface area contributed by atoms with Crippen molar-refractivity contribution in [2.24, 2.45) is 0 Å². The summed E-state index contributed by atoms with van der Waals surface area (Å²) in [5.41, 5.74) is 0. The molecule has 6 heteroatoms. The minimum absolute atomic E-state index is 0.0946. The Morgan fingerprint density at radius 1 is 1.62 bits per heavy atom. The molecule has 0 bridgehead atoms. The number of rotatable bonds is 3. The maximum Gasteiger partial charge on any atom is 0.348 e. The van der Waals surface area contributed by atoms with Crippen LogP contribution < -0.4 is 0 Å². The minimum Gasteiger partial charge on any atom is -0.378 e. The second-order valence-corrected chi connectivity index (χ2v) is 4.31. The van der Waals surface area contributed by atoms with Gasteiger partial charge in [0.05, 0.1) is 12.7 Å². The second kappa shape index (κ2) is 4.35. The van der Waals surface area contributed by atoms with Gasteiger partial charge in [-0.25, -0.2) is 0 Å². The summed E-state index contributed by atoms with van der Waals surface area (Å²) in [5, 5.41) is 0. The Kier molecular flexibility index (Phi) is 3.64. The first-order valence-electron chi connectivity index (χ1n) is 3.92. The molecule has 0 aliphatic carbocycles.